The lowest BCUT2D eigenvalue weighted by atomic mass is 10.4. The maximum absolute atomic E-state index is 11.5. The number of hydrogen-bond donors (Lipinski definition) is 0. The zero-order valence-electron chi connectivity index (χ0n) is 8.14. The zero-order chi connectivity index (χ0) is 10.8. The minimum absolute atomic E-state index is 0.00937. The fraction of sp³-hybridized carbons (Fsp3) is 0.625. The topological polar surface area (TPSA) is 55.3 Å². The Morgan fingerprint density at radius 2 is 2.47 bits per heavy atom. The van der Waals surface area contributed by atoms with E-state index in [2.05, 4.69) is 10.2 Å². The number of carbonyl (C=O) groups is 1. The van der Waals surface area contributed by atoms with Crippen LogP contribution in [0.25, 0.3) is 0 Å². The third kappa shape index (κ3) is 2.27. The molecule has 1 unspecified atom stereocenters. The number of hydrogen-bond acceptors (Lipinski definition) is 5. The number of ether oxygens (including phenoxy) is 1. The van der Waals surface area contributed by atoms with Crippen LogP contribution in [-0.2, 0) is 16.1 Å². The summed E-state index contributed by atoms with van der Waals surface area (Å²) in [6, 6.07) is 0. The molecule has 2 heterocycles. The van der Waals surface area contributed by atoms with Gasteiger partial charge in [0.1, 0.15) is 11.6 Å². The van der Waals surface area contributed by atoms with Gasteiger partial charge in [-0.05, 0) is 0 Å². The van der Waals surface area contributed by atoms with Gasteiger partial charge in [0.2, 0.25) is 11.0 Å². The van der Waals surface area contributed by atoms with E-state index in [1.807, 2.05) is 0 Å². The number of carbonyl (C=O) groups excluding carboxylic acids is 1. The van der Waals surface area contributed by atoms with Gasteiger partial charge in [0.25, 0.3) is 0 Å². The Bertz CT molecular complexity index is 371. The number of methoxy groups -OCH3 is 1. The monoisotopic (exact) mass is 247 g/mol. The molecule has 1 saturated heterocycles. The van der Waals surface area contributed by atoms with Crippen molar-refractivity contribution in [3.63, 3.8) is 0 Å². The first-order valence-corrected chi connectivity index (χ1v) is 5.71. The van der Waals surface area contributed by atoms with Crippen LogP contribution in [0.1, 0.15) is 11.4 Å². The van der Waals surface area contributed by atoms with Gasteiger partial charge in [0, 0.05) is 20.1 Å². The molecule has 0 bridgehead atoms. The van der Waals surface area contributed by atoms with Crippen molar-refractivity contribution in [1.82, 2.24) is 10.2 Å². The molecule has 0 saturated carbocycles. The minimum atomic E-state index is -0.118. The summed E-state index contributed by atoms with van der Waals surface area (Å²) in [7, 11) is 1.59. The first-order valence-electron chi connectivity index (χ1n) is 4.46. The lowest BCUT2D eigenvalue weighted by Gasteiger charge is -2.09. The molecule has 1 amide bonds. The second-order valence-corrected chi connectivity index (χ2v) is 4.87. The van der Waals surface area contributed by atoms with Crippen molar-refractivity contribution in [1.29, 1.82) is 0 Å². The molecule has 0 radical (unpaired) electrons. The van der Waals surface area contributed by atoms with Crippen LogP contribution < -0.4 is 4.90 Å². The first kappa shape index (κ1) is 10.8. The number of nitrogens with zero attached hydrogens (tertiary/aromatic N) is 3. The van der Waals surface area contributed by atoms with E-state index in [1.165, 1.54) is 11.3 Å². The fourth-order valence-electron chi connectivity index (χ4n) is 1.38. The van der Waals surface area contributed by atoms with Crippen molar-refractivity contribution in [2.75, 3.05) is 18.6 Å². The number of amides is 1. The average Bonchev–Trinajstić information content (AvgIpc) is 2.73. The minimum Gasteiger partial charge on any atom is -0.377 e. The third-order valence-corrected chi connectivity index (χ3v) is 3.24. The molecule has 1 aliphatic rings. The number of anilines is 1. The van der Waals surface area contributed by atoms with E-state index in [4.69, 9.17) is 16.3 Å². The van der Waals surface area contributed by atoms with Crippen LogP contribution in [0, 0.1) is 0 Å². The largest absolute Gasteiger partial charge is 0.377 e. The smallest absolute Gasteiger partial charge is 0.230 e. The van der Waals surface area contributed by atoms with E-state index in [0.717, 1.165) is 5.01 Å². The summed E-state index contributed by atoms with van der Waals surface area (Å²) in [6.07, 6.45) is 0.376. The number of halogens is 1. The standard InChI is InChI=1S/C8H10ClN3O2S/c1-14-4-6-10-11-8(15-6)12-3-5(9)2-7(12)13/h5H,2-4H2,1H3. The zero-order valence-corrected chi connectivity index (χ0v) is 9.72. The SMILES string of the molecule is COCc1nnc(N2CC(Cl)CC2=O)s1. The first-order chi connectivity index (χ1) is 7.20. The molecule has 5 nitrogen and oxygen atoms in total. The molecule has 1 aromatic rings. The van der Waals surface area contributed by atoms with Gasteiger partial charge in [0.05, 0.1) is 5.38 Å². The second-order valence-electron chi connectivity index (χ2n) is 3.22. The number of aromatic nitrogens is 2. The van der Waals surface area contributed by atoms with E-state index in [9.17, 15) is 4.79 Å². The van der Waals surface area contributed by atoms with Crippen molar-refractivity contribution in [3.05, 3.63) is 5.01 Å². The van der Waals surface area contributed by atoms with Crippen LogP contribution in [0.2, 0.25) is 0 Å². The molecule has 0 spiro atoms. The number of alkyl halides is 1. The van der Waals surface area contributed by atoms with E-state index >= 15 is 0 Å². The lowest BCUT2D eigenvalue weighted by Crippen LogP contribution is -2.24. The fourth-order valence-corrected chi connectivity index (χ4v) is 2.49. The average molecular weight is 248 g/mol. The molecule has 0 aromatic carbocycles. The highest BCUT2D eigenvalue weighted by Crippen LogP contribution is 2.27. The van der Waals surface area contributed by atoms with Gasteiger partial charge in [-0.1, -0.05) is 11.3 Å². The van der Waals surface area contributed by atoms with Crippen LogP contribution in [0.15, 0.2) is 0 Å². The second kappa shape index (κ2) is 4.42. The molecule has 1 atom stereocenters. The Kier molecular flexibility index (Phi) is 3.18. The third-order valence-electron chi connectivity index (χ3n) is 2.03. The molecule has 2 rings (SSSR count). The molecule has 15 heavy (non-hydrogen) atoms. The molecule has 1 aliphatic heterocycles. The molecule has 0 aliphatic carbocycles. The summed E-state index contributed by atoms with van der Waals surface area (Å²) >= 11 is 7.25. The Morgan fingerprint density at radius 3 is 3.07 bits per heavy atom. The normalized spacial score (nSPS) is 21.3. The van der Waals surface area contributed by atoms with Crippen LogP contribution >= 0.6 is 22.9 Å². The Morgan fingerprint density at radius 1 is 1.67 bits per heavy atom. The van der Waals surface area contributed by atoms with Crippen LogP contribution in [0.5, 0.6) is 0 Å². The highest BCUT2D eigenvalue weighted by atomic mass is 35.5. The van der Waals surface area contributed by atoms with Crippen molar-refractivity contribution in [3.8, 4) is 0 Å². The Balaban J connectivity index is 2.12. The summed E-state index contributed by atoms with van der Waals surface area (Å²) in [6.45, 7) is 0.937. The molecular formula is C8H10ClN3O2S. The van der Waals surface area contributed by atoms with E-state index in [-0.39, 0.29) is 11.3 Å². The maximum atomic E-state index is 11.5. The summed E-state index contributed by atoms with van der Waals surface area (Å²) < 4.78 is 4.93. The van der Waals surface area contributed by atoms with E-state index in [0.29, 0.717) is 24.7 Å². The highest BCUT2D eigenvalue weighted by molar-refractivity contribution is 7.15. The van der Waals surface area contributed by atoms with Gasteiger partial charge in [-0.15, -0.1) is 21.8 Å². The molecule has 82 valence electrons. The molecule has 7 heteroatoms. The van der Waals surface area contributed by atoms with E-state index in [1.54, 1.807) is 12.0 Å². The Hall–Kier alpha value is -0.720. The summed E-state index contributed by atoms with van der Waals surface area (Å²) in [4.78, 5) is 13.1. The van der Waals surface area contributed by atoms with Gasteiger partial charge in [0.15, 0.2) is 0 Å². The predicted molar refractivity (Wildman–Crippen MR) is 57.2 cm³/mol. The lowest BCUT2D eigenvalue weighted by molar-refractivity contribution is -0.117. The van der Waals surface area contributed by atoms with Gasteiger partial charge in [-0.25, -0.2) is 0 Å². The van der Waals surface area contributed by atoms with Gasteiger partial charge in [-0.3, -0.25) is 9.69 Å². The molecule has 0 N–H and O–H groups in total. The Labute approximate surface area is 96.0 Å². The summed E-state index contributed by atoms with van der Waals surface area (Å²) in [5, 5.41) is 9.10. The quantitative estimate of drug-likeness (QED) is 0.749. The van der Waals surface area contributed by atoms with Crippen LogP contribution in [0.3, 0.4) is 0 Å². The summed E-state index contributed by atoms with van der Waals surface area (Å²) in [5.74, 6) is 0.00937. The van der Waals surface area contributed by atoms with Crippen molar-refractivity contribution < 1.29 is 9.53 Å². The molecule has 1 fully saturated rings. The predicted octanol–water partition coefficient (Wildman–Crippen LogP) is 1.03. The van der Waals surface area contributed by atoms with Crippen LogP contribution in [0.4, 0.5) is 5.13 Å². The summed E-state index contributed by atoms with van der Waals surface area (Å²) in [5.41, 5.74) is 0. The van der Waals surface area contributed by atoms with Crippen molar-refractivity contribution >= 4 is 34.0 Å². The van der Waals surface area contributed by atoms with E-state index < -0.39 is 0 Å². The van der Waals surface area contributed by atoms with Crippen LogP contribution in [-0.4, -0.2) is 35.1 Å². The highest BCUT2D eigenvalue weighted by Gasteiger charge is 2.31. The molecule has 1 aromatic heterocycles. The van der Waals surface area contributed by atoms with Crippen molar-refractivity contribution in [2.45, 2.75) is 18.4 Å². The number of rotatable bonds is 3. The maximum Gasteiger partial charge on any atom is 0.230 e. The van der Waals surface area contributed by atoms with Gasteiger partial charge < -0.3 is 4.74 Å². The van der Waals surface area contributed by atoms with Crippen molar-refractivity contribution in [2.24, 2.45) is 0 Å². The van der Waals surface area contributed by atoms with Gasteiger partial charge >= 0.3 is 0 Å². The molecular weight excluding hydrogens is 238 g/mol. The van der Waals surface area contributed by atoms with Gasteiger partial charge in [-0.2, -0.15) is 0 Å².